The van der Waals surface area contributed by atoms with Gasteiger partial charge in [-0.15, -0.1) is 0 Å². The first-order valence-corrected chi connectivity index (χ1v) is 5.89. The molecule has 2 aromatic rings. The normalized spacial score (nSPS) is 10.1. The third-order valence-corrected chi connectivity index (χ3v) is 2.57. The quantitative estimate of drug-likeness (QED) is 0.750. The lowest BCUT2D eigenvalue weighted by molar-refractivity contribution is -0.119. The predicted octanol–water partition coefficient (Wildman–Crippen LogP) is 0.835. The van der Waals surface area contributed by atoms with Crippen LogP contribution in [0.4, 0.5) is 5.69 Å². The molecule has 0 aliphatic rings. The number of aryl methyl sites for hydroxylation is 1. The summed E-state index contributed by atoms with van der Waals surface area (Å²) in [6, 6.07) is 6.62. The van der Waals surface area contributed by atoms with Gasteiger partial charge in [-0.1, -0.05) is 0 Å². The summed E-state index contributed by atoms with van der Waals surface area (Å²) in [6.45, 7) is 1.59. The number of nitrogens with one attached hydrogen (secondary N) is 2. The zero-order chi connectivity index (χ0) is 14.5. The zero-order valence-electron chi connectivity index (χ0n) is 10.8. The number of ether oxygens (including phenoxy) is 1. The SMILES string of the molecule is Cc1[nH]ncc1C(=O)Nc1ccc(OCC(N)=O)cc1. The van der Waals surface area contributed by atoms with E-state index in [1.165, 1.54) is 6.20 Å². The van der Waals surface area contributed by atoms with E-state index in [1.807, 2.05) is 0 Å². The van der Waals surface area contributed by atoms with Gasteiger partial charge < -0.3 is 15.8 Å². The number of hydrogen-bond donors (Lipinski definition) is 3. The number of benzene rings is 1. The fourth-order valence-electron chi connectivity index (χ4n) is 1.57. The molecule has 104 valence electrons. The maximum atomic E-state index is 11.9. The molecule has 2 rings (SSSR count). The number of aromatic amines is 1. The Morgan fingerprint density at radius 1 is 1.35 bits per heavy atom. The Labute approximate surface area is 115 Å². The highest BCUT2D eigenvalue weighted by atomic mass is 16.5. The molecule has 0 aliphatic heterocycles. The average molecular weight is 274 g/mol. The van der Waals surface area contributed by atoms with E-state index in [9.17, 15) is 9.59 Å². The maximum Gasteiger partial charge on any atom is 0.259 e. The molecule has 1 heterocycles. The fraction of sp³-hybridized carbons (Fsp3) is 0.154. The largest absolute Gasteiger partial charge is 0.484 e. The van der Waals surface area contributed by atoms with Crippen molar-refractivity contribution in [2.75, 3.05) is 11.9 Å². The number of anilines is 1. The van der Waals surface area contributed by atoms with Crippen LogP contribution < -0.4 is 15.8 Å². The number of carbonyl (C=O) groups excluding carboxylic acids is 2. The highest BCUT2D eigenvalue weighted by Gasteiger charge is 2.10. The Morgan fingerprint density at radius 3 is 2.60 bits per heavy atom. The van der Waals surface area contributed by atoms with Gasteiger partial charge in [-0.25, -0.2) is 0 Å². The van der Waals surface area contributed by atoms with E-state index < -0.39 is 5.91 Å². The molecular weight excluding hydrogens is 260 g/mol. The molecule has 20 heavy (non-hydrogen) atoms. The zero-order valence-corrected chi connectivity index (χ0v) is 10.8. The maximum absolute atomic E-state index is 11.9. The van der Waals surface area contributed by atoms with Crippen LogP contribution in [0.2, 0.25) is 0 Å². The van der Waals surface area contributed by atoms with Crippen LogP contribution in [0.25, 0.3) is 0 Å². The number of rotatable bonds is 5. The monoisotopic (exact) mass is 274 g/mol. The molecule has 2 amide bonds. The molecule has 0 atom stereocenters. The highest BCUT2D eigenvalue weighted by Crippen LogP contribution is 2.16. The topological polar surface area (TPSA) is 110 Å². The van der Waals surface area contributed by atoms with Crippen molar-refractivity contribution < 1.29 is 14.3 Å². The summed E-state index contributed by atoms with van der Waals surface area (Å²) >= 11 is 0. The van der Waals surface area contributed by atoms with Crippen molar-refractivity contribution >= 4 is 17.5 Å². The standard InChI is InChI=1S/C13H14N4O3/c1-8-11(6-15-17-8)13(19)16-9-2-4-10(5-3-9)20-7-12(14)18/h2-6H,7H2,1H3,(H2,14,18)(H,15,17)(H,16,19). The van der Waals surface area contributed by atoms with Crippen LogP contribution in [0.1, 0.15) is 16.1 Å². The predicted molar refractivity (Wildman–Crippen MR) is 72.4 cm³/mol. The number of nitrogens with zero attached hydrogens (tertiary/aromatic N) is 1. The third kappa shape index (κ3) is 3.35. The van der Waals surface area contributed by atoms with Crippen LogP contribution in [-0.2, 0) is 4.79 Å². The van der Waals surface area contributed by atoms with E-state index in [0.29, 0.717) is 22.7 Å². The van der Waals surface area contributed by atoms with Crippen LogP contribution in [0.15, 0.2) is 30.5 Å². The van der Waals surface area contributed by atoms with E-state index in [0.717, 1.165) is 0 Å². The summed E-state index contributed by atoms with van der Waals surface area (Å²) in [7, 11) is 0. The first-order valence-electron chi connectivity index (χ1n) is 5.89. The molecule has 0 aliphatic carbocycles. The van der Waals surface area contributed by atoms with Crippen molar-refractivity contribution in [1.29, 1.82) is 0 Å². The minimum absolute atomic E-state index is 0.181. The molecule has 4 N–H and O–H groups in total. The van der Waals surface area contributed by atoms with Crippen molar-refractivity contribution in [3.05, 3.63) is 41.7 Å². The molecule has 7 nitrogen and oxygen atoms in total. The lowest BCUT2D eigenvalue weighted by Gasteiger charge is -2.07. The van der Waals surface area contributed by atoms with Crippen LogP contribution in [-0.4, -0.2) is 28.6 Å². The van der Waals surface area contributed by atoms with Gasteiger partial charge in [0.05, 0.1) is 11.8 Å². The van der Waals surface area contributed by atoms with Crippen LogP contribution >= 0.6 is 0 Å². The summed E-state index contributed by atoms with van der Waals surface area (Å²) in [5.74, 6) is -0.291. The Morgan fingerprint density at radius 2 is 2.05 bits per heavy atom. The molecule has 1 aromatic carbocycles. The molecule has 1 aromatic heterocycles. The number of primary amides is 1. The molecule has 0 radical (unpaired) electrons. The molecule has 0 fully saturated rings. The number of aromatic nitrogens is 2. The molecule has 0 spiro atoms. The first kappa shape index (κ1) is 13.6. The highest BCUT2D eigenvalue weighted by molar-refractivity contribution is 6.04. The fourth-order valence-corrected chi connectivity index (χ4v) is 1.57. The Kier molecular flexibility index (Phi) is 3.99. The van der Waals surface area contributed by atoms with Crippen molar-refractivity contribution in [1.82, 2.24) is 10.2 Å². The van der Waals surface area contributed by atoms with Gasteiger partial charge in [0.25, 0.3) is 11.8 Å². The summed E-state index contributed by atoms with van der Waals surface area (Å²) in [4.78, 5) is 22.5. The summed E-state index contributed by atoms with van der Waals surface area (Å²) in [5, 5.41) is 9.22. The van der Waals surface area contributed by atoms with E-state index in [4.69, 9.17) is 10.5 Å². The number of carbonyl (C=O) groups is 2. The van der Waals surface area contributed by atoms with Gasteiger partial charge in [-0.3, -0.25) is 14.7 Å². The second-order valence-corrected chi connectivity index (χ2v) is 4.14. The van der Waals surface area contributed by atoms with Crippen LogP contribution in [0.5, 0.6) is 5.75 Å². The molecule has 0 bridgehead atoms. The lowest BCUT2D eigenvalue weighted by atomic mass is 10.2. The average Bonchev–Trinajstić information content (AvgIpc) is 2.84. The van der Waals surface area contributed by atoms with Gasteiger partial charge >= 0.3 is 0 Å². The second-order valence-electron chi connectivity index (χ2n) is 4.14. The summed E-state index contributed by atoms with van der Waals surface area (Å²) in [6.07, 6.45) is 1.47. The minimum Gasteiger partial charge on any atom is -0.484 e. The molecule has 0 unspecified atom stereocenters. The smallest absolute Gasteiger partial charge is 0.259 e. The number of H-pyrrole nitrogens is 1. The van der Waals surface area contributed by atoms with Gasteiger partial charge in [-0.2, -0.15) is 5.10 Å². The Bertz CT molecular complexity index is 619. The van der Waals surface area contributed by atoms with Gasteiger partial charge in [0.15, 0.2) is 6.61 Å². The number of nitrogens with two attached hydrogens (primary N) is 1. The van der Waals surface area contributed by atoms with E-state index in [-0.39, 0.29) is 12.5 Å². The van der Waals surface area contributed by atoms with Crippen LogP contribution in [0, 0.1) is 6.92 Å². The van der Waals surface area contributed by atoms with Crippen molar-refractivity contribution in [2.24, 2.45) is 5.73 Å². The van der Waals surface area contributed by atoms with Gasteiger partial charge in [0, 0.05) is 11.4 Å². The van der Waals surface area contributed by atoms with Crippen LogP contribution in [0.3, 0.4) is 0 Å². The third-order valence-electron chi connectivity index (χ3n) is 2.57. The molecular formula is C13H14N4O3. The molecule has 0 saturated carbocycles. The number of amides is 2. The van der Waals surface area contributed by atoms with E-state index in [1.54, 1.807) is 31.2 Å². The Hall–Kier alpha value is -2.83. The molecule has 0 saturated heterocycles. The van der Waals surface area contributed by atoms with E-state index >= 15 is 0 Å². The lowest BCUT2D eigenvalue weighted by Crippen LogP contribution is -2.20. The van der Waals surface area contributed by atoms with Gasteiger partial charge in [0.2, 0.25) is 0 Å². The first-order chi connectivity index (χ1) is 9.56. The summed E-state index contributed by atoms with van der Waals surface area (Å²) < 4.78 is 5.12. The Balaban J connectivity index is 1.99. The van der Waals surface area contributed by atoms with Gasteiger partial charge in [0.1, 0.15) is 5.75 Å². The van der Waals surface area contributed by atoms with Crippen molar-refractivity contribution in [3.8, 4) is 5.75 Å². The van der Waals surface area contributed by atoms with E-state index in [2.05, 4.69) is 15.5 Å². The summed E-state index contributed by atoms with van der Waals surface area (Å²) in [5.41, 5.74) is 6.77. The second kappa shape index (κ2) is 5.87. The van der Waals surface area contributed by atoms with Crippen molar-refractivity contribution in [3.63, 3.8) is 0 Å². The minimum atomic E-state index is -0.544. The van der Waals surface area contributed by atoms with Crippen molar-refractivity contribution in [2.45, 2.75) is 6.92 Å². The number of hydrogen-bond acceptors (Lipinski definition) is 4. The molecule has 7 heteroatoms. The van der Waals surface area contributed by atoms with Gasteiger partial charge in [-0.05, 0) is 31.2 Å².